The van der Waals surface area contributed by atoms with E-state index in [1.54, 1.807) is 0 Å². The second-order valence-electron chi connectivity index (χ2n) is 9.62. The number of unbranched alkanes of at least 4 members (excludes halogenated alkanes) is 1. The van der Waals surface area contributed by atoms with Crippen LogP contribution in [0.1, 0.15) is 48.0 Å². The average Bonchev–Trinajstić information content (AvgIpc) is 3.61. The van der Waals surface area contributed by atoms with Gasteiger partial charge in [0.15, 0.2) is 5.15 Å². The largest absolute Gasteiger partial charge is 0.416 e. The minimum Gasteiger partial charge on any atom is -0.370 e. The lowest BCUT2D eigenvalue weighted by molar-refractivity contribution is -0.137. The molecule has 0 atom stereocenters. The summed E-state index contributed by atoms with van der Waals surface area (Å²) in [7, 11) is 0. The molecule has 0 spiro atoms. The summed E-state index contributed by atoms with van der Waals surface area (Å²) < 4.78 is 46.6. The quantitative estimate of drug-likeness (QED) is 0.175. The summed E-state index contributed by atoms with van der Waals surface area (Å²) in [6.07, 6.45) is -1.63. The van der Waals surface area contributed by atoms with Crippen molar-refractivity contribution in [2.24, 2.45) is 0 Å². The highest BCUT2D eigenvalue weighted by Crippen LogP contribution is 2.31. The lowest BCUT2D eigenvalue weighted by Crippen LogP contribution is -2.10. The number of imidazole rings is 1. The number of halogens is 4. The van der Waals surface area contributed by atoms with Crippen LogP contribution in [0, 0.1) is 0 Å². The number of nitrogens with zero attached hydrogens (tertiary/aromatic N) is 5. The first-order chi connectivity index (χ1) is 19.8. The van der Waals surface area contributed by atoms with E-state index in [9.17, 15) is 13.2 Å². The first-order valence-corrected chi connectivity index (χ1v) is 13.6. The van der Waals surface area contributed by atoms with Crippen molar-refractivity contribution in [1.29, 1.82) is 0 Å². The van der Waals surface area contributed by atoms with E-state index in [-0.39, 0.29) is 13.2 Å². The number of nitrogens with one attached hydrogen (secondary N) is 1. The number of alkyl halides is 3. The van der Waals surface area contributed by atoms with Crippen LogP contribution in [0.2, 0.25) is 5.15 Å². The van der Waals surface area contributed by atoms with Gasteiger partial charge in [0, 0.05) is 18.5 Å². The number of hydrogen-bond acceptors (Lipinski definition) is 5. The highest BCUT2D eigenvalue weighted by molar-refractivity contribution is 6.30. The summed E-state index contributed by atoms with van der Waals surface area (Å²) >= 11 is 6.56. The maximum absolute atomic E-state index is 12.9. The Labute approximate surface area is 240 Å². The number of aryl methyl sites for hydroxylation is 1. The van der Waals surface area contributed by atoms with Crippen LogP contribution < -0.4 is 0 Å². The minimum absolute atomic E-state index is 0.151. The Morgan fingerprint density at radius 3 is 2.27 bits per heavy atom. The molecule has 212 valence electrons. The van der Waals surface area contributed by atoms with Crippen molar-refractivity contribution in [1.82, 2.24) is 30.2 Å². The summed E-state index contributed by atoms with van der Waals surface area (Å²) in [5.74, 6) is 1.40. The second-order valence-corrected chi connectivity index (χ2v) is 9.98. The topological polar surface area (TPSA) is 81.5 Å². The predicted molar refractivity (Wildman–Crippen MR) is 150 cm³/mol. The number of tetrazole rings is 1. The monoisotopic (exact) mass is 580 g/mol. The van der Waals surface area contributed by atoms with Crippen LogP contribution in [-0.2, 0) is 37.1 Å². The second kappa shape index (κ2) is 12.7. The number of H-pyrrole nitrogens is 1. The molecule has 3 aromatic carbocycles. The Morgan fingerprint density at radius 2 is 1.61 bits per heavy atom. The van der Waals surface area contributed by atoms with Gasteiger partial charge in [0.25, 0.3) is 0 Å². The van der Waals surface area contributed by atoms with Gasteiger partial charge in [-0.3, -0.25) is 0 Å². The van der Waals surface area contributed by atoms with Crippen LogP contribution in [0.5, 0.6) is 0 Å². The molecule has 11 heteroatoms. The molecule has 0 aliphatic rings. The number of ether oxygens (including phenoxy) is 1. The van der Waals surface area contributed by atoms with E-state index < -0.39 is 11.7 Å². The van der Waals surface area contributed by atoms with Gasteiger partial charge in [-0.1, -0.05) is 85.6 Å². The summed E-state index contributed by atoms with van der Waals surface area (Å²) in [6, 6.07) is 21.1. The third-order valence-electron chi connectivity index (χ3n) is 6.76. The molecule has 5 rings (SSSR count). The predicted octanol–water partition coefficient (Wildman–Crippen LogP) is 7.51. The van der Waals surface area contributed by atoms with Crippen molar-refractivity contribution < 1.29 is 17.9 Å². The van der Waals surface area contributed by atoms with Gasteiger partial charge >= 0.3 is 6.18 Å². The summed E-state index contributed by atoms with van der Waals surface area (Å²) in [4.78, 5) is 4.61. The Bertz CT molecular complexity index is 1570. The molecular formula is C30H28ClF3N6O. The first kappa shape index (κ1) is 28.5. The van der Waals surface area contributed by atoms with E-state index in [4.69, 9.17) is 16.3 Å². The number of aromatic amines is 1. The van der Waals surface area contributed by atoms with Crippen molar-refractivity contribution in [3.05, 3.63) is 106 Å². The fourth-order valence-corrected chi connectivity index (χ4v) is 4.84. The Hall–Kier alpha value is -4.02. The maximum atomic E-state index is 12.9. The molecule has 7 nitrogen and oxygen atoms in total. The molecule has 0 amide bonds. The smallest absolute Gasteiger partial charge is 0.370 e. The van der Waals surface area contributed by atoms with Gasteiger partial charge in [-0.25, -0.2) is 4.98 Å². The molecule has 2 heterocycles. The highest BCUT2D eigenvalue weighted by atomic mass is 35.5. The fraction of sp³-hybridized carbons (Fsp3) is 0.267. The fourth-order valence-electron chi connectivity index (χ4n) is 4.59. The van der Waals surface area contributed by atoms with Gasteiger partial charge in [-0.05, 0) is 46.0 Å². The third kappa shape index (κ3) is 6.83. The van der Waals surface area contributed by atoms with E-state index in [0.717, 1.165) is 65.2 Å². The molecule has 41 heavy (non-hydrogen) atoms. The molecule has 2 aromatic heterocycles. The lowest BCUT2D eigenvalue weighted by atomic mass is 9.98. The van der Waals surface area contributed by atoms with Gasteiger partial charge in [-0.15, -0.1) is 10.2 Å². The normalized spacial score (nSPS) is 11.7. The van der Waals surface area contributed by atoms with E-state index in [1.165, 1.54) is 12.1 Å². The van der Waals surface area contributed by atoms with E-state index >= 15 is 0 Å². The molecule has 0 radical (unpaired) electrons. The maximum Gasteiger partial charge on any atom is 0.416 e. The van der Waals surface area contributed by atoms with Crippen LogP contribution >= 0.6 is 11.6 Å². The minimum atomic E-state index is -4.37. The molecular weight excluding hydrogens is 553 g/mol. The summed E-state index contributed by atoms with van der Waals surface area (Å²) in [5.41, 5.74) is 4.63. The Kier molecular flexibility index (Phi) is 8.80. The van der Waals surface area contributed by atoms with E-state index in [2.05, 4.69) is 61.4 Å². The molecule has 5 aromatic rings. The number of hydrogen-bond donors (Lipinski definition) is 1. The highest BCUT2D eigenvalue weighted by Gasteiger charge is 2.30. The van der Waals surface area contributed by atoms with Gasteiger partial charge in [0.05, 0.1) is 24.5 Å². The van der Waals surface area contributed by atoms with E-state index in [1.807, 2.05) is 24.3 Å². The van der Waals surface area contributed by atoms with Gasteiger partial charge in [-0.2, -0.15) is 18.4 Å². The van der Waals surface area contributed by atoms with Crippen molar-refractivity contribution in [2.75, 3.05) is 0 Å². The number of rotatable bonds is 11. The van der Waals surface area contributed by atoms with Gasteiger partial charge in [0.2, 0.25) is 5.82 Å². The van der Waals surface area contributed by atoms with Crippen LogP contribution in [0.15, 0.2) is 72.8 Å². The summed E-state index contributed by atoms with van der Waals surface area (Å²) in [6.45, 7) is 2.99. The number of benzene rings is 3. The van der Waals surface area contributed by atoms with Crippen LogP contribution in [0.4, 0.5) is 13.2 Å². The lowest BCUT2D eigenvalue weighted by Gasteiger charge is -2.14. The zero-order valence-corrected chi connectivity index (χ0v) is 23.1. The SMILES string of the molecule is CCCCc1nc(Cl)c(COCc2ccc(C(F)(F)F)cc2)n1Cc1ccc(-c2ccccc2-c2nn[nH]n2)cc1. The molecule has 0 saturated carbocycles. The standard InChI is InChI=1S/C30H28ClF3N6O/c1-2-3-8-27-35-28(31)26(19-41-18-21-11-15-23(16-12-21)30(32,33)34)40(27)17-20-9-13-22(14-10-20)24-6-4-5-7-25(24)29-36-38-39-37-29/h4-7,9-16H,2-3,8,17-19H2,1H3,(H,36,37,38,39). The molecule has 0 aliphatic heterocycles. The molecule has 1 N–H and O–H groups in total. The molecule has 0 bridgehead atoms. The van der Waals surface area contributed by atoms with Crippen LogP contribution in [-0.4, -0.2) is 30.2 Å². The van der Waals surface area contributed by atoms with E-state index in [0.29, 0.717) is 23.1 Å². The molecule has 0 unspecified atom stereocenters. The molecule has 0 fully saturated rings. The van der Waals surface area contributed by atoms with Crippen molar-refractivity contribution in [3.8, 4) is 22.5 Å². The number of aromatic nitrogens is 6. The zero-order valence-electron chi connectivity index (χ0n) is 22.3. The molecule has 0 saturated heterocycles. The first-order valence-electron chi connectivity index (χ1n) is 13.2. The Balaban J connectivity index is 1.33. The molecule has 0 aliphatic carbocycles. The van der Waals surface area contributed by atoms with Gasteiger partial charge < -0.3 is 9.30 Å². The third-order valence-corrected chi connectivity index (χ3v) is 7.07. The average molecular weight is 581 g/mol. The summed E-state index contributed by atoms with van der Waals surface area (Å²) in [5, 5.41) is 14.8. The van der Waals surface area contributed by atoms with Crippen LogP contribution in [0.3, 0.4) is 0 Å². The van der Waals surface area contributed by atoms with Crippen molar-refractivity contribution >= 4 is 11.6 Å². The van der Waals surface area contributed by atoms with Crippen molar-refractivity contribution in [3.63, 3.8) is 0 Å². The van der Waals surface area contributed by atoms with Crippen molar-refractivity contribution in [2.45, 2.75) is 52.1 Å². The zero-order chi connectivity index (χ0) is 28.8. The Morgan fingerprint density at radius 1 is 0.902 bits per heavy atom. The van der Waals surface area contributed by atoms with Gasteiger partial charge in [0.1, 0.15) is 5.82 Å². The van der Waals surface area contributed by atoms with Crippen LogP contribution in [0.25, 0.3) is 22.5 Å².